The Morgan fingerprint density at radius 3 is 2.67 bits per heavy atom. The fourth-order valence-electron chi connectivity index (χ4n) is 4.53. The molecule has 5 rings (SSSR count). The van der Waals surface area contributed by atoms with Gasteiger partial charge in [-0.05, 0) is 48.4 Å². The number of aryl methyl sites for hydroxylation is 1. The number of nitrogens with zero attached hydrogens (tertiary/aromatic N) is 3. The SMILES string of the molecule is COc1ccc(C)c2sc(N(Cc3ccccc3)C(=O)C3CCCCN3S(=O)(=O)c3cccs3)nc12. The highest BCUT2D eigenvalue weighted by Gasteiger charge is 2.41. The molecule has 1 amide bonds. The molecule has 2 aromatic heterocycles. The van der Waals surface area contributed by atoms with Crippen molar-refractivity contribution < 1.29 is 17.9 Å². The van der Waals surface area contributed by atoms with Gasteiger partial charge in [0.2, 0.25) is 5.91 Å². The molecule has 1 aliphatic rings. The first-order valence-electron chi connectivity index (χ1n) is 11.7. The minimum atomic E-state index is -3.78. The second-order valence-electron chi connectivity index (χ2n) is 8.73. The molecule has 7 nitrogen and oxygen atoms in total. The first-order chi connectivity index (χ1) is 17.4. The lowest BCUT2D eigenvalue weighted by molar-refractivity contribution is -0.123. The molecule has 10 heteroatoms. The zero-order valence-electron chi connectivity index (χ0n) is 20.1. The lowest BCUT2D eigenvalue weighted by atomic mass is 10.0. The van der Waals surface area contributed by atoms with E-state index in [1.165, 1.54) is 27.0 Å². The van der Waals surface area contributed by atoms with Crippen LogP contribution < -0.4 is 9.64 Å². The summed E-state index contributed by atoms with van der Waals surface area (Å²) in [6.45, 7) is 2.62. The van der Waals surface area contributed by atoms with Crippen molar-refractivity contribution in [2.45, 2.75) is 43.0 Å². The van der Waals surface area contributed by atoms with Gasteiger partial charge in [-0.3, -0.25) is 9.69 Å². The molecule has 36 heavy (non-hydrogen) atoms. The van der Waals surface area contributed by atoms with Crippen LogP contribution in [0, 0.1) is 6.92 Å². The summed E-state index contributed by atoms with van der Waals surface area (Å²) in [5.74, 6) is 0.388. The topological polar surface area (TPSA) is 79.8 Å². The lowest BCUT2D eigenvalue weighted by Gasteiger charge is -2.35. The summed E-state index contributed by atoms with van der Waals surface area (Å²) in [5, 5.41) is 2.28. The lowest BCUT2D eigenvalue weighted by Crippen LogP contribution is -2.52. The molecule has 1 saturated heterocycles. The largest absolute Gasteiger partial charge is 0.494 e. The zero-order chi connectivity index (χ0) is 25.3. The maximum atomic E-state index is 14.2. The van der Waals surface area contributed by atoms with Crippen molar-refractivity contribution in [3.8, 4) is 5.75 Å². The molecular weight excluding hydrogens is 515 g/mol. The predicted molar refractivity (Wildman–Crippen MR) is 144 cm³/mol. The maximum Gasteiger partial charge on any atom is 0.253 e. The number of hydrogen-bond acceptors (Lipinski definition) is 7. The number of methoxy groups -OCH3 is 1. The van der Waals surface area contributed by atoms with Crippen molar-refractivity contribution in [3.63, 3.8) is 0 Å². The average Bonchev–Trinajstić information content (AvgIpc) is 3.60. The van der Waals surface area contributed by atoms with E-state index in [0.717, 1.165) is 28.7 Å². The van der Waals surface area contributed by atoms with Crippen LogP contribution in [-0.2, 0) is 21.4 Å². The summed E-state index contributed by atoms with van der Waals surface area (Å²) in [6, 6.07) is 16.1. The van der Waals surface area contributed by atoms with Gasteiger partial charge in [0, 0.05) is 6.54 Å². The van der Waals surface area contributed by atoms with Gasteiger partial charge in [0.25, 0.3) is 10.0 Å². The van der Waals surface area contributed by atoms with Crippen molar-refractivity contribution in [3.05, 3.63) is 71.1 Å². The Labute approximate surface area is 219 Å². The number of ether oxygens (including phenoxy) is 1. The molecule has 1 atom stereocenters. The van der Waals surface area contributed by atoms with Gasteiger partial charge in [-0.2, -0.15) is 4.31 Å². The summed E-state index contributed by atoms with van der Waals surface area (Å²) in [6.07, 6.45) is 1.99. The van der Waals surface area contributed by atoms with Crippen molar-refractivity contribution in [1.29, 1.82) is 0 Å². The van der Waals surface area contributed by atoms with E-state index in [4.69, 9.17) is 9.72 Å². The van der Waals surface area contributed by atoms with Crippen molar-refractivity contribution in [1.82, 2.24) is 9.29 Å². The second kappa shape index (κ2) is 10.3. The number of amides is 1. The first kappa shape index (κ1) is 24.9. The monoisotopic (exact) mass is 541 g/mol. The van der Waals surface area contributed by atoms with Gasteiger partial charge in [-0.25, -0.2) is 13.4 Å². The molecule has 4 aromatic rings. The number of thiophene rings is 1. The van der Waals surface area contributed by atoms with Crippen molar-refractivity contribution in [2.24, 2.45) is 0 Å². The Balaban J connectivity index is 1.58. The Kier molecular flexibility index (Phi) is 7.11. The molecule has 3 heterocycles. The molecular formula is C26H27N3O4S3. The first-order valence-corrected chi connectivity index (χ1v) is 14.9. The number of rotatable bonds is 7. The molecule has 0 aliphatic carbocycles. The van der Waals surface area contributed by atoms with Crippen LogP contribution in [0.3, 0.4) is 0 Å². The Morgan fingerprint density at radius 2 is 1.94 bits per heavy atom. The molecule has 2 aromatic carbocycles. The number of thiazole rings is 1. The fraction of sp³-hybridized carbons (Fsp3) is 0.308. The fourth-order valence-corrected chi connectivity index (χ4v) is 8.36. The summed E-state index contributed by atoms with van der Waals surface area (Å²) in [5.41, 5.74) is 2.69. The van der Waals surface area contributed by atoms with Crippen LogP contribution in [0.4, 0.5) is 5.13 Å². The van der Waals surface area contributed by atoms with Gasteiger partial charge in [0.05, 0.1) is 18.4 Å². The number of fused-ring (bicyclic) bond motifs is 1. The highest BCUT2D eigenvalue weighted by atomic mass is 32.2. The Hall–Kier alpha value is -2.79. The standard InChI is InChI=1S/C26H27N3O4S3/c1-18-13-14-21(33-2)23-24(18)35-26(27-23)28(17-19-9-4-3-5-10-19)25(30)20-11-6-7-15-29(20)36(31,32)22-12-8-16-34-22/h3-5,8-10,12-14,16,20H,6-7,11,15,17H2,1-2H3. The number of anilines is 1. The number of hydrogen-bond donors (Lipinski definition) is 0. The molecule has 1 fully saturated rings. The van der Waals surface area contributed by atoms with Crippen LogP contribution in [0.5, 0.6) is 5.75 Å². The van der Waals surface area contributed by atoms with Crippen LogP contribution >= 0.6 is 22.7 Å². The van der Waals surface area contributed by atoms with Gasteiger partial charge in [-0.15, -0.1) is 11.3 Å². The van der Waals surface area contributed by atoms with Crippen LogP contribution in [0.1, 0.15) is 30.4 Å². The van der Waals surface area contributed by atoms with E-state index in [1.807, 2.05) is 49.4 Å². The van der Waals surface area contributed by atoms with E-state index in [9.17, 15) is 13.2 Å². The summed E-state index contributed by atoms with van der Waals surface area (Å²) < 4.78 is 35.1. The van der Waals surface area contributed by atoms with Crippen LogP contribution in [0.15, 0.2) is 64.2 Å². The molecule has 0 radical (unpaired) electrons. The minimum absolute atomic E-state index is 0.255. The quantitative estimate of drug-likeness (QED) is 0.311. The van der Waals surface area contributed by atoms with Gasteiger partial charge in [-0.1, -0.05) is 60.2 Å². The second-order valence-corrected chi connectivity index (χ2v) is 12.8. The smallest absolute Gasteiger partial charge is 0.253 e. The van der Waals surface area contributed by atoms with Crippen LogP contribution in [0.25, 0.3) is 10.2 Å². The highest BCUT2D eigenvalue weighted by molar-refractivity contribution is 7.91. The molecule has 0 spiro atoms. The average molecular weight is 542 g/mol. The van der Waals surface area contributed by atoms with E-state index < -0.39 is 16.1 Å². The Bertz CT molecular complexity index is 1470. The van der Waals surface area contributed by atoms with Gasteiger partial charge < -0.3 is 4.74 Å². The maximum absolute atomic E-state index is 14.2. The molecule has 0 N–H and O–H groups in total. The van der Waals surface area contributed by atoms with Crippen molar-refractivity contribution in [2.75, 3.05) is 18.6 Å². The zero-order valence-corrected chi connectivity index (χ0v) is 22.5. The van der Waals surface area contributed by atoms with Crippen molar-refractivity contribution >= 4 is 54.0 Å². The number of benzene rings is 2. The summed E-state index contributed by atoms with van der Waals surface area (Å²) in [4.78, 5) is 20.7. The van der Waals surface area contributed by atoms with Gasteiger partial charge in [0.15, 0.2) is 5.13 Å². The summed E-state index contributed by atoms with van der Waals surface area (Å²) in [7, 11) is -2.17. The normalized spacial score (nSPS) is 16.8. The molecule has 0 saturated carbocycles. The third-order valence-electron chi connectivity index (χ3n) is 6.39. The number of sulfonamides is 1. The number of piperidine rings is 1. The third-order valence-corrected chi connectivity index (χ3v) is 10.9. The number of carbonyl (C=O) groups is 1. The van der Waals surface area contributed by atoms with Gasteiger partial charge in [0.1, 0.15) is 21.5 Å². The minimum Gasteiger partial charge on any atom is -0.494 e. The number of aromatic nitrogens is 1. The van der Waals surface area contributed by atoms with E-state index in [2.05, 4.69) is 0 Å². The van der Waals surface area contributed by atoms with E-state index in [-0.39, 0.29) is 10.1 Å². The molecule has 1 unspecified atom stereocenters. The van der Waals surface area contributed by atoms with E-state index in [1.54, 1.807) is 29.5 Å². The third kappa shape index (κ3) is 4.66. The predicted octanol–water partition coefficient (Wildman–Crippen LogP) is 5.45. The number of carbonyl (C=O) groups excluding carboxylic acids is 1. The van der Waals surface area contributed by atoms with E-state index >= 15 is 0 Å². The van der Waals surface area contributed by atoms with Gasteiger partial charge >= 0.3 is 0 Å². The Morgan fingerprint density at radius 1 is 1.14 bits per heavy atom. The van der Waals surface area contributed by atoms with Crippen LogP contribution in [0.2, 0.25) is 0 Å². The molecule has 1 aliphatic heterocycles. The molecule has 188 valence electrons. The van der Waals surface area contributed by atoms with E-state index in [0.29, 0.717) is 35.9 Å². The molecule has 0 bridgehead atoms. The van der Waals surface area contributed by atoms with Crippen LogP contribution in [-0.4, -0.2) is 43.3 Å². The summed E-state index contributed by atoms with van der Waals surface area (Å²) >= 11 is 2.60. The highest BCUT2D eigenvalue weighted by Crippen LogP contribution is 2.38.